The first-order valence-corrected chi connectivity index (χ1v) is 10.5. The molecule has 5 nitrogen and oxygen atoms in total. The second-order valence-corrected chi connectivity index (χ2v) is 8.04. The molecule has 0 bridgehead atoms. The van der Waals surface area contributed by atoms with Gasteiger partial charge < -0.3 is 0 Å². The summed E-state index contributed by atoms with van der Waals surface area (Å²) in [4.78, 5) is 22.4. The highest BCUT2D eigenvalue weighted by Crippen LogP contribution is 2.33. The minimum absolute atomic E-state index is 0.331. The third-order valence-electron chi connectivity index (χ3n) is 5.76. The lowest BCUT2D eigenvalue weighted by molar-refractivity contribution is -0.137. The molecular formula is C26H19F3N4O. The summed E-state index contributed by atoms with van der Waals surface area (Å²) in [5.74, 6) is 0. The minimum atomic E-state index is -4.46. The van der Waals surface area contributed by atoms with Crippen molar-refractivity contribution in [1.82, 2.24) is 19.3 Å². The molecule has 0 N–H and O–H groups in total. The van der Waals surface area contributed by atoms with Gasteiger partial charge in [0.25, 0.3) is 5.56 Å². The van der Waals surface area contributed by atoms with E-state index in [0.29, 0.717) is 22.5 Å². The van der Waals surface area contributed by atoms with Crippen LogP contribution in [0.2, 0.25) is 0 Å². The smallest absolute Gasteiger partial charge is 0.280 e. The van der Waals surface area contributed by atoms with Crippen LogP contribution < -0.4 is 5.56 Å². The van der Waals surface area contributed by atoms with E-state index in [1.165, 1.54) is 16.8 Å². The zero-order valence-electron chi connectivity index (χ0n) is 18.3. The molecule has 0 saturated heterocycles. The molecule has 0 spiro atoms. The molecule has 3 aromatic carbocycles. The van der Waals surface area contributed by atoms with E-state index in [0.717, 1.165) is 34.3 Å². The molecule has 2 aromatic heterocycles. The molecule has 0 saturated carbocycles. The first kappa shape index (κ1) is 21.6. The SMILES string of the molecule is Cc1cccc(-c2c(-c3ccc4nccnc4c3)n(C)n(-c3ccc(C(F)(F)F)cc3)c2=O)c1. The van der Waals surface area contributed by atoms with E-state index in [1.54, 1.807) is 24.1 Å². The molecule has 0 unspecified atom stereocenters. The van der Waals surface area contributed by atoms with Crippen LogP contribution in [-0.2, 0) is 13.2 Å². The molecule has 5 rings (SSSR count). The Kier molecular flexibility index (Phi) is 5.08. The summed E-state index contributed by atoms with van der Waals surface area (Å²) < 4.78 is 42.3. The molecule has 0 radical (unpaired) electrons. The standard InChI is InChI=1S/C26H19F3N4O/c1-16-4-3-5-17(14-16)23-24(18-6-11-21-22(15-18)31-13-12-30-21)32(2)33(25(23)34)20-9-7-19(8-10-20)26(27,28)29/h3-15H,1-2H3. The summed E-state index contributed by atoms with van der Waals surface area (Å²) in [6.07, 6.45) is -1.25. The molecule has 2 heterocycles. The van der Waals surface area contributed by atoms with Crippen molar-refractivity contribution in [1.29, 1.82) is 0 Å². The number of alkyl halides is 3. The van der Waals surface area contributed by atoms with E-state index in [2.05, 4.69) is 9.97 Å². The molecule has 0 aliphatic rings. The van der Waals surface area contributed by atoms with Gasteiger partial charge in [-0.05, 0) is 48.9 Å². The molecule has 0 amide bonds. The average Bonchev–Trinajstić information content (AvgIpc) is 3.08. The van der Waals surface area contributed by atoms with Crippen LogP contribution in [0.5, 0.6) is 0 Å². The Morgan fingerprint density at radius 3 is 2.21 bits per heavy atom. The Morgan fingerprint density at radius 2 is 1.53 bits per heavy atom. The fourth-order valence-electron chi connectivity index (χ4n) is 4.19. The van der Waals surface area contributed by atoms with Gasteiger partial charge in [-0.15, -0.1) is 0 Å². The van der Waals surface area contributed by atoms with Crippen molar-refractivity contribution in [2.24, 2.45) is 7.05 Å². The number of aromatic nitrogens is 4. The second kappa shape index (κ2) is 7.98. The maximum absolute atomic E-state index is 13.7. The van der Waals surface area contributed by atoms with Crippen LogP contribution in [0.4, 0.5) is 13.2 Å². The molecule has 170 valence electrons. The van der Waals surface area contributed by atoms with Crippen molar-refractivity contribution in [2.45, 2.75) is 13.1 Å². The van der Waals surface area contributed by atoms with E-state index in [-0.39, 0.29) is 5.56 Å². The third kappa shape index (κ3) is 3.67. The zero-order valence-corrected chi connectivity index (χ0v) is 18.3. The Bertz CT molecular complexity index is 1580. The summed E-state index contributed by atoms with van der Waals surface area (Å²) in [5.41, 5.74) is 4.15. The number of halogens is 3. The molecule has 8 heteroatoms. The van der Waals surface area contributed by atoms with Gasteiger partial charge >= 0.3 is 6.18 Å². The molecule has 0 fully saturated rings. The average molecular weight is 460 g/mol. The molecule has 0 aliphatic heterocycles. The Labute approximate surface area is 192 Å². The van der Waals surface area contributed by atoms with Crippen molar-refractivity contribution >= 4 is 11.0 Å². The summed E-state index contributed by atoms with van der Waals surface area (Å²) in [6.45, 7) is 1.94. The number of aryl methyl sites for hydroxylation is 1. The molecule has 34 heavy (non-hydrogen) atoms. The van der Waals surface area contributed by atoms with Gasteiger partial charge in [0.1, 0.15) is 0 Å². The van der Waals surface area contributed by atoms with E-state index in [9.17, 15) is 18.0 Å². The summed E-state index contributed by atoms with van der Waals surface area (Å²) in [7, 11) is 1.72. The predicted octanol–water partition coefficient (Wildman–Crippen LogP) is 5.78. The molecular weight excluding hydrogens is 441 g/mol. The van der Waals surface area contributed by atoms with Crippen molar-refractivity contribution < 1.29 is 13.2 Å². The number of fused-ring (bicyclic) bond motifs is 1. The molecule has 0 aliphatic carbocycles. The van der Waals surface area contributed by atoms with Gasteiger partial charge in [-0.25, -0.2) is 4.68 Å². The topological polar surface area (TPSA) is 52.7 Å². The Morgan fingerprint density at radius 1 is 0.824 bits per heavy atom. The molecule has 5 aromatic rings. The van der Waals surface area contributed by atoms with E-state index >= 15 is 0 Å². The van der Waals surface area contributed by atoms with Crippen LogP contribution in [0, 0.1) is 6.92 Å². The van der Waals surface area contributed by atoms with Gasteiger partial charge in [0.05, 0.1) is 33.5 Å². The van der Waals surface area contributed by atoms with Gasteiger partial charge in [-0.3, -0.25) is 19.4 Å². The van der Waals surface area contributed by atoms with Gasteiger partial charge in [0.15, 0.2) is 0 Å². The van der Waals surface area contributed by atoms with Crippen molar-refractivity contribution in [3.05, 3.63) is 101 Å². The summed E-state index contributed by atoms with van der Waals surface area (Å²) in [5, 5.41) is 0. The number of benzene rings is 3. The van der Waals surface area contributed by atoms with E-state index in [1.807, 2.05) is 49.4 Å². The highest BCUT2D eigenvalue weighted by molar-refractivity contribution is 5.86. The van der Waals surface area contributed by atoms with Crippen LogP contribution in [0.1, 0.15) is 11.1 Å². The maximum Gasteiger partial charge on any atom is 0.416 e. The van der Waals surface area contributed by atoms with Crippen LogP contribution in [0.25, 0.3) is 39.1 Å². The second-order valence-electron chi connectivity index (χ2n) is 8.04. The fraction of sp³-hybridized carbons (Fsp3) is 0.115. The largest absolute Gasteiger partial charge is 0.416 e. The normalized spacial score (nSPS) is 11.8. The van der Waals surface area contributed by atoms with Crippen LogP contribution in [0.15, 0.2) is 83.9 Å². The van der Waals surface area contributed by atoms with Crippen molar-refractivity contribution in [2.75, 3.05) is 0 Å². The summed E-state index contributed by atoms with van der Waals surface area (Å²) >= 11 is 0. The fourth-order valence-corrected chi connectivity index (χ4v) is 4.19. The highest BCUT2D eigenvalue weighted by atomic mass is 19.4. The lowest BCUT2D eigenvalue weighted by atomic mass is 9.99. The van der Waals surface area contributed by atoms with Gasteiger partial charge in [-0.1, -0.05) is 35.9 Å². The van der Waals surface area contributed by atoms with Gasteiger partial charge in [0, 0.05) is 25.0 Å². The first-order chi connectivity index (χ1) is 16.2. The van der Waals surface area contributed by atoms with Gasteiger partial charge in [-0.2, -0.15) is 13.2 Å². The third-order valence-corrected chi connectivity index (χ3v) is 5.76. The lowest BCUT2D eigenvalue weighted by Crippen LogP contribution is -2.20. The summed E-state index contributed by atoms with van der Waals surface area (Å²) in [6, 6.07) is 17.7. The quantitative estimate of drug-likeness (QED) is 0.343. The van der Waals surface area contributed by atoms with Crippen LogP contribution in [-0.4, -0.2) is 19.3 Å². The van der Waals surface area contributed by atoms with E-state index in [4.69, 9.17) is 0 Å². The number of hydrogen-bond donors (Lipinski definition) is 0. The Hall–Kier alpha value is -4.20. The number of nitrogens with zero attached hydrogens (tertiary/aromatic N) is 4. The highest BCUT2D eigenvalue weighted by Gasteiger charge is 2.30. The predicted molar refractivity (Wildman–Crippen MR) is 125 cm³/mol. The first-order valence-electron chi connectivity index (χ1n) is 10.5. The van der Waals surface area contributed by atoms with Gasteiger partial charge in [0.2, 0.25) is 0 Å². The van der Waals surface area contributed by atoms with Crippen LogP contribution in [0.3, 0.4) is 0 Å². The van der Waals surface area contributed by atoms with E-state index < -0.39 is 11.7 Å². The molecule has 0 atom stereocenters. The minimum Gasteiger partial charge on any atom is -0.280 e. The number of rotatable bonds is 3. The maximum atomic E-state index is 13.7. The lowest BCUT2D eigenvalue weighted by Gasteiger charge is -2.12. The zero-order chi connectivity index (χ0) is 24.0. The van der Waals surface area contributed by atoms with Crippen LogP contribution >= 0.6 is 0 Å². The van der Waals surface area contributed by atoms with Crippen molar-refractivity contribution in [3.63, 3.8) is 0 Å². The van der Waals surface area contributed by atoms with Crippen molar-refractivity contribution in [3.8, 4) is 28.1 Å². The number of hydrogen-bond acceptors (Lipinski definition) is 3. The monoisotopic (exact) mass is 460 g/mol. The Balaban J connectivity index is 1.78.